The summed E-state index contributed by atoms with van der Waals surface area (Å²) in [5.74, 6) is 1.13. The van der Waals surface area contributed by atoms with E-state index in [0.717, 1.165) is 29.9 Å². The lowest BCUT2D eigenvalue weighted by Crippen LogP contribution is -2.33. The van der Waals surface area contributed by atoms with Crippen LogP contribution in [0.5, 0.6) is 0 Å². The van der Waals surface area contributed by atoms with Crippen molar-refractivity contribution in [3.05, 3.63) is 72.5 Å². The molecule has 1 heterocycles. The molecule has 0 aliphatic heterocycles. The van der Waals surface area contributed by atoms with Gasteiger partial charge in [-0.15, -0.1) is 0 Å². The highest BCUT2D eigenvalue weighted by atomic mass is 19.1. The van der Waals surface area contributed by atoms with Crippen LogP contribution in [-0.2, 0) is 0 Å². The van der Waals surface area contributed by atoms with Crippen LogP contribution in [0.4, 0.5) is 10.1 Å². The number of nitrogens with one attached hydrogen (secondary N) is 1. The normalized spacial score (nSPS) is 20.0. The Hall–Kier alpha value is -2.62. The van der Waals surface area contributed by atoms with E-state index in [0.29, 0.717) is 12.0 Å². The number of nitrogens with zero attached hydrogens (tertiary/aromatic N) is 1. The van der Waals surface area contributed by atoms with Crippen molar-refractivity contribution in [1.29, 1.82) is 0 Å². The molecule has 1 fully saturated rings. The highest BCUT2D eigenvalue weighted by Crippen LogP contribution is 2.38. The molecule has 1 N–H and O–H groups in total. The maximum atomic E-state index is 12.9. The van der Waals surface area contributed by atoms with Crippen LogP contribution >= 0.6 is 0 Å². The smallest absolute Gasteiger partial charge is 0.181 e. The summed E-state index contributed by atoms with van der Waals surface area (Å²) >= 11 is 0. The SMILES string of the molecule is Fc1ccc(C2CC(Nc3ccc(-c4cnco4)cc3)C2)cc1. The monoisotopic (exact) mass is 308 g/mol. The summed E-state index contributed by atoms with van der Waals surface area (Å²) in [4.78, 5) is 3.93. The summed E-state index contributed by atoms with van der Waals surface area (Å²) in [6, 6.07) is 15.5. The zero-order valence-corrected chi connectivity index (χ0v) is 12.6. The second-order valence-corrected chi connectivity index (χ2v) is 6.00. The number of oxazole rings is 1. The Balaban J connectivity index is 1.34. The summed E-state index contributed by atoms with van der Waals surface area (Å²) < 4.78 is 18.2. The highest BCUT2D eigenvalue weighted by molar-refractivity contribution is 5.60. The quantitative estimate of drug-likeness (QED) is 0.749. The Bertz CT molecular complexity index is 760. The molecule has 4 heteroatoms. The van der Waals surface area contributed by atoms with E-state index in [4.69, 9.17) is 4.42 Å². The summed E-state index contributed by atoms with van der Waals surface area (Å²) in [7, 11) is 0. The molecule has 0 amide bonds. The van der Waals surface area contributed by atoms with Crippen molar-refractivity contribution in [3.8, 4) is 11.3 Å². The van der Waals surface area contributed by atoms with Crippen LogP contribution in [0.2, 0.25) is 0 Å². The second-order valence-electron chi connectivity index (χ2n) is 6.00. The number of halogens is 1. The summed E-state index contributed by atoms with van der Waals surface area (Å²) in [6.45, 7) is 0. The molecule has 0 saturated heterocycles. The van der Waals surface area contributed by atoms with Gasteiger partial charge in [0.25, 0.3) is 0 Å². The standard InChI is InChI=1S/C19H17FN2O/c20-16-5-1-13(2-6-16)15-9-18(10-15)22-17-7-3-14(4-8-17)19-11-21-12-23-19/h1-8,11-12,15,18,22H,9-10H2. The number of benzene rings is 2. The lowest BCUT2D eigenvalue weighted by Gasteiger charge is -2.37. The van der Waals surface area contributed by atoms with Crippen molar-refractivity contribution in [1.82, 2.24) is 4.98 Å². The van der Waals surface area contributed by atoms with E-state index in [1.54, 1.807) is 6.20 Å². The van der Waals surface area contributed by atoms with Crippen LogP contribution < -0.4 is 5.32 Å². The molecule has 0 radical (unpaired) electrons. The van der Waals surface area contributed by atoms with Gasteiger partial charge in [-0.1, -0.05) is 12.1 Å². The van der Waals surface area contributed by atoms with Crippen molar-refractivity contribution in [2.45, 2.75) is 24.8 Å². The lowest BCUT2D eigenvalue weighted by molar-refractivity contribution is 0.374. The van der Waals surface area contributed by atoms with Gasteiger partial charge in [-0.05, 0) is 60.7 Å². The molecular weight excluding hydrogens is 291 g/mol. The maximum Gasteiger partial charge on any atom is 0.181 e. The topological polar surface area (TPSA) is 38.1 Å². The van der Waals surface area contributed by atoms with Gasteiger partial charge in [0.2, 0.25) is 0 Å². The van der Waals surface area contributed by atoms with E-state index in [-0.39, 0.29) is 5.82 Å². The molecule has 23 heavy (non-hydrogen) atoms. The van der Waals surface area contributed by atoms with Crippen molar-refractivity contribution in [3.63, 3.8) is 0 Å². The molecule has 1 aliphatic rings. The molecule has 3 nitrogen and oxygen atoms in total. The molecule has 2 aromatic carbocycles. The van der Waals surface area contributed by atoms with Crippen LogP contribution in [0.1, 0.15) is 24.3 Å². The Morgan fingerprint density at radius 1 is 1.00 bits per heavy atom. The molecular formula is C19H17FN2O. The molecule has 4 rings (SSSR count). The van der Waals surface area contributed by atoms with Gasteiger partial charge in [0, 0.05) is 17.3 Å². The minimum atomic E-state index is -0.172. The number of aromatic nitrogens is 1. The fourth-order valence-electron chi connectivity index (χ4n) is 3.07. The van der Waals surface area contributed by atoms with E-state index in [9.17, 15) is 4.39 Å². The third kappa shape index (κ3) is 2.97. The Morgan fingerprint density at radius 2 is 1.74 bits per heavy atom. The largest absolute Gasteiger partial charge is 0.444 e. The minimum absolute atomic E-state index is 0.172. The summed E-state index contributed by atoms with van der Waals surface area (Å²) in [5, 5.41) is 3.54. The van der Waals surface area contributed by atoms with Crippen LogP contribution in [0, 0.1) is 5.82 Å². The van der Waals surface area contributed by atoms with Crippen molar-refractivity contribution < 1.29 is 8.81 Å². The van der Waals surface area contributed by atoms with Crippen LogP contribution in [0.3, 0.4) is 0 Å². The van der Waals surface area contributed by atoms with Gasteiger partial charge in [0.15, 0.2) is 12.2 Å². The number of hydrogen-bond acceptors (Lipinski definition) is 3. The molecule has 116 valence electrons. The van der Waals surface area contributed by atoms with Crippen molar-refractivity contribution >= 4 is 5.69 Å². The average Bonchev–Trinajstić information content (AvgIpc) is 3.07. The van der Waals surface area contributed by atoms with E-state index in [1.807, 2.05) is 24.3 Å². The third-order valence-corrected chi connectivity index (χ3v) is 4.45. The molecule has 0 unspecified atom stereocenters. The van der Waals surface area contributed by atoms with Gasteiger partial charge < -0.3 is 9.73 Å². The molecule has 1 aromatic heterocycles. The van der Waals surface area contributed by atoms with E-state index < -0.39 is 0 Å². The van der Waals surface area contributed by atoms with Crippen LogP contribution in [-0.4, -0.2) is 11.0 Å². The predicted molar refractivity (Wildman–Crippen MR) is 87.7 cm³/mol. The Morgan fingerprint density at radius 3 is 2.39 bits per heavy atom. The number of anilines is 1. The summed E-state index contributed by atoms with van der Waals surface area (Å²) in [5.41, 5.74) is 3.35. The summed E-state index contributed by atoms with van der Waals surface area (Å²) in [6.07, 6.45) is 5.30. The lowest BCUT2D eigenvalue weighted by atomic mass is 9.76. The van der Waals surface area contributed by atoms with Gasteiger partial charge in [-0.3, -0.25) is 0 Å². The molecule has 0 atom stereocenters. The van der Waals surface area contributed by atoms with Gasteiger partial charge in [-0.25, -0.2) is 9.37 Å². The molecule has 3 aromatic rings. The first-order valence-corrected chi connectivity index (χ1v) is 7.79. The van der Waals surface area contributed by atoms with Gasteiger partial charge in [0.05, 0.1) is 6.20 Å². The van der Waals surface area contributed by atoms with E-state index >= 15 is 0 Å². The van der Waals surface area contributed by atoms with Gasteiger partial charge >= 0.3 is 0 Å². The first-order chi connectivity index (χ1) is 11.3. The third-order valence-electron chi connectivity index (χ3n) is 4.45. The van der Waals surface area contributed by atoms with Crippen LogP contribution in [0.25, 0.3) is 11.3 Å². The second kappa shape index (κ2) is 5.88. The van der Waals surface area contributed by atoms with Crippen LogP contribution in [0.15, 0.2) is 65.5 Å². The number of hydrogen-bond donors (Lipinski definition) is 1. The fraction of sp³-hybridized carbons (Fsp3) is 0.211. The predicted octanol–water partition coefficient (Wildman–Crippen LogP) is 4.84. The Labute approximate surface area is 134 Å². The fourth-order valence-corrected chi connectivity index (χ4v) is 3.07. The van der Waals surface area contributed by atoms with Crippen molar-refractivity contribution in [2.75, 3.05) is 5.32 Å². The first-order valence-electron chi connectivity index (χ1n) is 7.79. The maximum absolute atomic E-state index is 12.9. The van der Waals surface area contributed by atoms with Crippen molar-refractivity contribution in [2.24, 2.45) is 0 Å². The minimum Gasteiger partial charge on any atom is -0.444 e. The average molecular weight is 308 g/mol. The molecule has 1 saturated carbocycles. The zero-order valence-electron chi connectivity index (χ0n) is 12.6. The highest BCUT2D eigenvalue weighted by Gasteiger charge is 2.30. The molecule has 0 spiro atoms. The molecule has 1 aliphatic carbocycles. The van der Waals surface area contributed by atoms with E-state index in [2.05, 4.69) is 22.4 Å². The van der Waals surface area contributed by atoms with Gasteiger partial charge in [-0.2, -0.15) is 0 Å². The Kier molecular flexibility index (Phi) is 3.58. The molecule has 0 bridgehead atoms. The number of rotatable bonds is 4. The zero-order chi connectivity index (χ0) is 15.6. The van der Waals surface area contributed by atoms with Gasteiger partial charge in [0.1, 0.15) is 5.82 Å². The van der Waals surface area contributed by atoms with E-state index in [1.165, 1.54) is 24.1 Å². The first kappa shape index (κ1) is 14.0.